The molecule has 0 aliphatic rings. The smallest absolute Gasteiger partial charge is 0.0963 e. The van der Waals surface area contributed by atoms with Gasteiger partial charge in [-0.2, -0.15) is 0 Å². The summed E-state index contributed by atoms with van der Waals surface area (Å²) in [5.41, 5.74) is 1.00. The van der Waals surface area contributed by atoms with Crippen LogP contribution in [0.2, 0.25) is 6.04 Å². The van der Waals surface area contributed by atoms with Crippen LogP contribution in [0.15, 0.2) is 30.3 Å². The average Bonchev–Trinajstić information content (AvgIpc) is 2.06. The maximum absolute atomic E-state index is 6.15. The van der Waals surface area contributed by atoms with Crippen LogP contribution in [0.5, 0.6) is 0 Å². The van der Waals surface area contributed by atoms with Crippen molar-refractivity contribution in [1.82, 2.24) is 0 Å². The van der Waals surface area contributed by atoms with E-state index in [4.69, 9.17) is 23.2 Å². The van der Waals surface area contributed by atoms with Gasteiger partial charge in [-0.15, -0.1) is 0 Å². The predicted octanol–water partition coefficient (Wildman–Crippen LogP) is 2.49. The van der Waals surface area contributed by atoms with Crippen molar-refractivity contribution in [2.24, 2.45) is 0 Å². The molecule has 0 bridgehead atoms. The van der Waals surface area contributed by atoms with Crippen LogP contribution in [0.25, 0.3) is 0 Å². The zero-order valence-corrected chi connectivity index (χ0v) is 10.6. The highest BCUT2D eigenvalue weighted by atomic mass is 35.5. The van der Waals surface area contributed by atoms with Crippen LogP contribution in [-0.2, 0) is 4.33 Å². The molecule has 0 radical (unpaired) electrons. The highest BCUT2D eigenvalue weighted by molar-refractivity contribution is 6.48. The molecule has 3 heteroatoms. The minimum atomic E-state index is -0.678. The minimum absolute atomic E-state index is 0.678. The van der Waals surface area contributed by atoms with Gasteiger partial charge in [-0.1, -0.05) is 59.6 Å². The van der Waals surface area contributed by atoms with Gasteiger partial charge in [0, 0.05) is 10.2 Å². The van der Waals surface area contributed by atoms with Crippen molar-refractivity contribution in [1.29, 1.82) is 0 Å². The molecule has 0 nitrogen and oxygen atoms in total. The third kappa shape index (κ3) is 2.51. The summed E-state index contributed by atoms with van der Waals surface area (Å²) in [5, 5.41) is 0. The van der Waals surface area contributed by atoms with Crippen molar-refractivity contribution >= 4 is 33.4 Å². The lowest BCUT2D eigenvalue weighted by molar-refractivity contribution is 0.804. The van der Waals surface area contributed by atoms with Gasteiger partial charge in [0.05, 0.1) is 0 Å². The van der Waals surface area contributed by atoms with Crippen LogP contribution in [0.4, 0.5) is 0 Å². The second-order valence-electron chi connectivity index (χ2n) is 2.82. The van der Waals surface area contributed by atoms with Gasteiger partial charge in [0.25, 0.3) is 0 Å². The van der Waals surface area contributed by atoms with E-state index < -0.39 is 4.33 Å². The quantitative estimate of drug-likeness (QED) is 0.541. The topological polar surface area (TPSA) is 0 Å². The molecular weight excluding hydrogens is 207 g/mol. The van der Waals surface area contributed by atoms with E-state index in [2.05, 4.69) is 0 Å². The van der Waals surface area contributed by atoms with Gasteiger partial charge in [-0.25, -0.2) is 0 Å². The van der Waals surface area contributed by atoms with E-state index >= 15 is 0 Å². The molecule has 66 valence electrons. The summed E-state index contributed by atoms with van der Waals surface area (Å²) in [6, 6.07) is 11.0. The lowest BCUT2D eigenvalue weighted by Gasteiger charge is -2.18. The van der Waals surface area contributed by atoms with E-state index in [0.29, 0.717) is 0 Å². The maximum Gasteiger partial charge on any atom is 0.142 e. The van der Waals surface area contributed by atoms with E-state index in [1.807, 2.05) is 30.3 Å². The zero-order valence-electron chi connectivity index (χ0n) is 7.06. The summed E-state index contributed by atoms with van der Waals surface area (Å²) in [6.07, 6.45) is 0.854. The molecule has 1 rings (SSSR count). The number of hydrogen-bond acceptors (Lipinski definition) is 0. The number of hydrogen-bond donors (Lipinski definition) is 0. The van der Waals surface area contributed by atoms with Crippen LogP contribution in [0.1, 0.15) is 12.0 Å². The molecule has 0 saturated heterocycles. The Morgan fingerprint density at radius 3 is 2.25 bits per heavy atom. The van der Waals surface area contributed by atoms with Gasteiger partial charge in [0.2, 0.25) is 0 Å². The molecular formula is C9H12Cl2Si. The number of halogens is 2. The standard InChI is InChI=1S/C9H12Cl2Si/c10-9(11,6-7-12)8-4-2-1-3-5-8/h1-5H,6-7H2,12H3. The molecule has 0 unspecified atom stereocenters. The van der Waals surface area contributed by atoms with Gasteiger partial charge >= 0.3 is 0 Å². The van der Waals surface area contributed by atoms with E-state index in [0.717, 1.165) is 28.3 Å². The van der Waals surface area contributed by atoms with Gasteiger partial charge in [-0.05, 0) is 12.0 Å². The van der Waals surface area contributed by atoms with Gasteiger partial charge in [0.1, 0.15) is 4.33 Å². The molecule has 0 aliphatic heterocycles. The molecule has 0 aromatic heterocycles. The highest BCUT2D eigenvalue weighted by Gasteiger charge is 2.24. The van der Waals surface area contributed by atoms with Crippen LogP contribution in [0.3, 0.4) is 0 Å². The fourth-order valence-electron chi connectivity index (χ4n) is 1.14. The minimum Gasteiger partial charge on any atom is -0.0963 e. The third-order valence-corrected chi connectivity index (χ3v) is 3.07. The zero-order chi connectivity index (χ0) is 9.03. The fraction of sp³-hybridized carbons (Fsp3) is 0.333. The van der Waals surface area contributed by atoms with Crippen LogP contribution in [0, 0.1) is 0 Å². The molecule has 0 atom stereocenters. The molecule has 0 N–H and O–H groups in total. The lowest BCUT2D eigenvalue weighted by Crippen LogP contribution is -2.09. The first-order chi connectivity index (χ1) is 5.67. The summed E-state index contributed by atoms with van der Waals surface area (Å²) >= 11 is 12.3. The first kappa shape index (κ1) is 10.1. The second kappa shape index (κ2) is 4.31. The largest absolute Gasteiger partial charge is 0.142 e. The summed E-state index contributed by atoms with van der Waals surface area (Å²) in [7, 11) is 1.15. The molecule has 0 fully saturated rings. The SMILES string of the molecule is [SiH3]CCC(Cl)(Cl)c1ccccc1. The van der Waals surface area contributed by atoms with Crippen molar-refractivity contribution in [3.8, 4) is 0 Å². The Labute approximate surface area is 86.3 Å². The monoisotopic (exact) mass is 218 g/mol. The molecule has 12 heavy (non-hydrogen) atoms. The normalized spacial score (nSPS) is 11.8. The van der Waals surface area contributed by atoms with Gasteiger partial charge in [0.15, 0.2) is 0 Å². The van der Waals surface area contributed by atoms with Crippen molar-refractivity contribution in [2.75, 3.05) is 0 Å². The highest BCUT2D eigenvalue weighted by Crippen LogP contribution is 2.37. The molecule has 1 aromatic rings. The fourth-order valence-corrected chi connectivity index (χ4v) is 3.15. The second-order valence-corrected chi connectivity index (χ2v) is 5.30. The number of alkyl halides is 2. The van der Waals surface area contributed by atoms with E-state index in [9.17, 15) is 0 Å². The summed E-state index contributed by atoms with van der Waals surface area (Å²) in [6.45, 7) is 0. The Balaban J connectivity index is 2.82. The molecule has 0 spiro atoms. The summed E-state index contributed by atoms with van der Waals surface area (Å²) in [4.78, 5) is 0. The van der Waals surface area contributed by atoms with Crippen LogP contribution >= 0.6 is 23.2 Å². The maximum atomic E-state index is 6.15. The molecule has 0 heterocycles. The van der Waals surface area contributed by atoms with Crippen LogP contribution < -0.4 is 0 Å². The van der Waals surface area contributed by atoms with Crippen molar-refractivity contribution in [2.45, 2.75) is 16.8 Å². The Morgan fingerprint density at radius 1 is 1.17 bits per heavy atom. The van der Waals surface area contributed by atoms with Crippen molar-refractivity contribution in [3.63, 3.8) is 0 Å². The van der Waals surface area contributed by atoms with Gasteiger partial charge < -0.3 is 0 Å². The Kier molecular flexibility index (Phi) is 3.63. The molecule has 1 aromatic carbocycles. The molecule has 0 amide bonds. The van der Waals surface area contributed by atoms with Crippen molar-refractivity contribution < 1.29 is 0 Å². The lowest BCUT2D eigenvalue weighted by atomic mass is 10.1. The average molecular weight is 219 g/mol. The van der Waals surface area contributed by atoms with E-state index in [-0.39, 0.29) is 0 Å². The molecule has 0 saturated carbocycles. The van der Waals surface area contributed by atoms with Crippen molar-refractivity contribution in [3.05, 3.63) is 35.9 Å². The summed E-state index contributed by atoms with van der Waals surface area (Å²) < 4.78 is -0.678. The summed E-state index contributed by atoms with van der Waals surface area (Å²) in [5.74, 6) is 0. The Morgan fingerprint density at radius 2 is 1.75 bits per heavy atom. The first-order valence-electron chi connectivity index (χ1n) is 4.10. The third-order valence-electron chi connectivity index (χ3n) is 1.76. The number of benzene rings is 1. The Hall–Kier alpha value is 0.0169. The van der Waals surface area contributed by atoms with E-state index in [1.54, 1.807) is 0 Å². The predicted molar refractivity (Wildman–Crippen MR) is 59.2 cm³/mol. The van der Waals surface area contributed by atoms with E-state index in [1.165, 1.54) is 0 Å². The first-order valence-corrected chi connectivity index (χ1v) is 6.27. The Bertz CT molecular complexity index is 234. The molecule has 0 aliphatic carbocycles. The van der Waals surface area contributed by atoms with Gasteiger partial charge in [-0.3, -0.25) is 0 Å². The number of rotatable bonds is 3. The van der Waals surface area contributed by atoms with Crippen LogP contribution in [-0.4, -0.2) is 10.2 Å².